The second-order valence-electron chi connectivity index (χ2n) is 3.73. The van der Waals surface area contributed by atoms with Crippen LogP contribution in [0.15, 0.2) is 23.2 Å². The molecule has 0 aliphatic carbocycles. The summed E-state index contributed by atoms with van der Waals surface area (Å²) in [6.45, 7) is 5.24. The van der Waals surface area contributed by atoms with Crippen LogP contribution in [0.25, 0.3) is 0 Å². The van der Waals surface area contributed by atoms with Gasteiger partial charge in [-0.05, 0) is 38.0 Å². The third kappa shape index (κ3) is 2.06. The van der Waals surface area contributed by atoms with Gasteiger partial charge in [0.15, 0.2) is 0 Å². The van der Waals surface area contributed by atoms with Crippen LogP contribution in [0, 0.1) is 12.7 Å². The van der Waals surface area contributed by atoms with Gasteiger partial charge in [0.1, 0.15) is 5.82 Å². The molecule has 0 N–H and O–H groups in total. The van der Waals surface area contributed by atoms with E-state index in [0.29, 0.717) is 5.56 Å². The summed E-state index contributed by atoms with van der Waals surface area (Å²) in [5, 5.41) is 0. The van der Waals surface area contributed by atoms with E-state index in [1.54, 1.807) is 32.9 Å². The monoisotopic (exact) mass is 193 g/mol. The van der Waals surface area contributed by atoms with Crippen molar-refractivity contribution in [3.05, 3.63) is 35.1 Å². The van der Waals surface area contributed by atoms with Crippen LogP contribution in [0.1, 0.15) is 25.0 Å². The van der Waals surface area contributed by atoms with Crippen molar-refractivity contribution in [2.24, 2.45) is 4.99 Å². The van der Waals surface area contributed by atoms with Crippen LogP contribution in [0.2, 0.25) is 0 Å². The first kappa shape index (κ1) is 10.6. The first-order valence-electron chi connectivity index (χ1n) is 4.33. The average Bonchev–Trinajstić information content (AvgIpc) is 2.09. The second-order valence-corrected chi connectivity index (χ2v) is 3.73. The van der Waals surface area contributed by atoms with Crippen molar-refractivity contribution in [1.82, 2.24) is 0 Å². The van der Waals surface area contributed by atoms with Crippen molar-refractivity contribution in [2.45, 2.75) is 26.3 Å². The molecule has 0 bridgehead atoms. The molecule has 0 atom stereocenters. The van der Waals surface area contributed by atoms with E-state index in [-0.39, 0.29) is 5.82 Å². The zero-order valence-corrected chi connectivity index (χ0v) is 8.47. The van der Waals surface area contributed by atoms with Crippen LogP contribution < -0.4 is 0 Å². The van der Waals surface area contributed by atoms with Gasteiger partial charge in [-0.15, -0.1) is 0 Å². The van der Waals surface area contributed by atoms with Gasteiger partial charge in [-0.3, -0.25) is 0 Å². The van der Waals surface area contributed by atoms with Gasteiger partial charge in [0.2, 0.25) is 6.08 Å². The summed E-state index contributed by atoms with van der Waals surface area (Å²) in [6, 6.07) is 4.70. The second kappa shape index (κ2) is 3.72. The van der Waals surface area contributed by atoms with Gasteiger partial charge >= 0.3 is 0 Å². The predicted octanol–water partition coefficient (Wildman–Crippen LogP) is 2.71. The first-order chi connectivity index (χ1) is 6.47. The number of isocyanates is 1. The molecule has 1 aromatic carbocycles. The standard InChI is InChI=1S/C11H12FNO/c1-8-6-9(4-5-10(8)12)11(2,3)13-7-14/h4-6H,1-3H3. The molecule has 0 aromatic heterocycles. The van der Waals surface area contributed by atoms with E-state index in [1.807, 2.05) is 0 Å². The van der Waals surface area contributed by atoms with Gasteiger partial charge in [-0.1, -0.05) is 12.1 Å². The number of carbonyl (C=O) groups excluding carboxylic acids is 1. The minimum Gasteiger partial charge on any atom is -0.211 e. The highest BCUT2D eigenvalue weighted by atomic mass is 19.1. The summed E-state index contributed by atoms with van der Waals surface area (Å²) in [7, 11) is 0. The van der Waals surface area contributed by atoms with Crippen molar-refractivity contribution >= 4 is 6.08 Å². The Labute approximate surface area is 82.5 Å². The van der Waals surface area contributed by atoms with Gasteiger partial charge in [0.25, 0.3) is 0 Å². The lowest BCUT2D eigenvalue weighted by molar-refractivity contribution is 0.521. The highest BCUT2D eigenvalue weighted by Gasteiger charge is 2.19. The Morgan fingerprint density at radius 3 is 2.57 bits per heavy atom. The van der Waals surface area contributed by atoms with Crippen molar-refractivity contribution < 1.29 is 9.18 Å². The molecular weight excluding hydrogens is 181 g/mol. The number of aliphatic imine (C=N–C) groups is 1. The van der Waals surface area contributed by atoms with E-state index in [1.165, 1.54) is 12.1 Å². The van der Waals surface area contributed by atoms with Gasteiger partial charge in [-0.25, -0.2) is 9.18 Å². The van der Waals surface area contributed by atoms with Gasteiger partial charge in [0, 0.05) is 0 Å². The fourth-order valence-corrected chi connectivity index (χ4v) is 1.20. The quantitative estimate of drug-likeness (QED) is 0.524. The fraction of sp³-hybridized carbons (Fsp3) is 0.364. The van der Waals surface area contributed by atoms with Crippen LogP contribution in [0.3, 0.4) is 0 Å². The maximum Gasteiger partial charge on any atom is 0.235 e. The Balaban J connectivity index is 3.20. The third-order valence-corrected chi connectivity index (χ3v) is 2.19. The summed E-state index contributed by atoms with van der Waals surface area (Å²) in [6.07, 6.45) is 1.52. The van der Waals surface area contributed by atoms with Crippen LogP contribution in [-0.4, -0.2) is 6.08 Å². The fourth-order valence-electron chi connectivity index (χ4n) is 1.20. The molecule has 0 saturated heterocycles. The first-order valence-corrected chi connectivity index (χ1v) is 4.33. The molecule has 14 heavy (non-hydrogen) atoms. The molecule has 0 aliphatic rings. The Hall–Kier alpha value is -1.47. The number of nitrogens with zero attached hydrogens (tertiary/aromatic N) is 1. The molecule has 0 heterocycles. The van der Waals surface area contributed by atoms with E-state index < -0.39 is 5.54 Å². The van der Waals surface area contributed by atoms with Crippen molar-refractivity contribution in [2.75, 3.05) is 0 Å². The number of rotatable bonds is 2. The van der Waals surface area contributed by atoms with Crippen molar-refractivity contribution in [1.29, 1.82) is 0 Å². The minimum atomic E-state index is -0.639. The highest BCUT2D eigenvalue weighted by Crippen LogP contribution is 2.25. The number of benzene rings is 1. The van der Waals surface area contributed by atoms with Gasteiger partial charge in [0.05, 0.1) is 5.54 Å². The predicted molar refractivity (Wildman–Crippen MR) is 52.3 cm³/mol. The van der Waals surface area contributed by atoms with E-state index in [9.17, 15) is 9.18 Å². The lowest BCUT2D eigenvalue weighted by Crippen LogP contribution is -2.13. The van der Waals surface area contributed by atoms with Crippen LogP contribution >= 0.6 is 0 Å². The molecule has 2 nitrogen and oxygen atoms in total. The van der Waals surface area contributed by atoms with Crippen LogP contribution in [-0.2, 0) is 10.3 Å². The van der Waals surface area contributed by atoms with E-state index in [0.717, 1.165) is 5.56 Å². The van der Waals surface area contributed by atoms with E-state index in [2.05, 4.69) is 4.99 Å². The topological polar surface area (TPSA) is 29.4 Å². The molecule has 0 radical (unpaired) electrons. The maximum atomic E-state index is 13.0. The Kier molecular flexibility index (Phi) is 2.82. The Morgan fingerprint density at radius 2 is 2.07 bits per heavy atom. The summed E-state index contributed by atoms with van der Waals surface area (Å²) >= 11 is 0. The average molecular weight is 193 g/mol. The number of hydrogen-bond acceptors (Lipinski definition) is 2. The van der Waals surface area contributed by atoms with Crippen LogP contribution in [0.4, 0.5) is 4.39 Å². The molecule has 0 saturated carbocycles. The number of halogens is 1. The molecule has 0 aliphatic heterocycles. The normalized spacial score (nSPS) is 10.9. The molecule has 1 rings (SSSR count). The smallest absolute Gasteiger partial charge is 0.211 e. The Morgan fingerprint density at radius 1 is 1.43 bits per heavy atom. The van der Waals surface area contributed by atoms with Crippen molar-refractivity contribution in [3.63, 3.8) is 0 Å². The zero-order valence-electron chi connectivity index (χ0n) is 8.47. The molecule has 0 unspecified atom stereocenters. The largest absolute Gasteiger partial charge is 0.235 e. The zero-order chi connectivity index (χ0) is 10.8. The molecule has 0 spiro atoms. The van der Waals surface area contributed by atoms with Gasteiger partial charge in [-0.2, -0.15) is 4.99 Å². The summed E-state index contributed by atoms with van der Waals surface area (Å²) in [5.74, 6) is -0.250. The third-order valence-electron chi connectivity index (χ3n) is 2.19. The molecule has 3 heteroatoms. The summed E-state index contributed by atoms with van der Waals surface area (Å²) in [4.78, 5) is 13.8. The lowest BCUT2D eigenvalue weighted by Gasteiger charge is -2.18. The highest BCUT2D eigenvalue weighted by molar-refractivity contribution is 5.38. The van der Waals surface area contributed by atoms with Crippen molar-refractivity contribution in [3.8, 4) is 0 Å². The number of aryl methyl sites for hydroxylation is 1. The lowest BCUT2D eigenvalue weighted by atomic mass is 9.94. The maximum absolute atomic E-state index is 13.0. The van der Waals surface area contributed by atoms with Gasteiger partial charge < -0.3 is 0 Å². The molecule has 0 amide bonds. The Bertz CT molecular complexity index is 392. The van der Waals surface area contributed by atoms with Crippen LogP contribution in [0.5, 0.6) is 0 Å². The molecule has 1 aromatic rings. The molecule has 74 valence electrons. The van der Waals surface area contributed by atoms with E-state index >= 15 is 0 Å². The molecular formula is C11H12FNO. The van der Waals surface area contributed by atoms with E-state index in [4.69, 9.17) is 0 Å². The number of hydrogen-bond donors (Lipinski definition) is 0. The summed E-state index contributed by atoms with van der Waals surface area (Å²) in [5.41, 5.74) is 0.719. The summed E-state index contributed by atoms with van der Waals surface area (Å²) < 4.78 is 13.0. The SMILES string of the molecule is Cc1cc(C(C)(C)N=C=O)ccc1F. The molecule has 0 fully saturated rings. The minimum absolute atomic E-state index is 0.250.